The molecular weight excluding hydrogens is 523 g/mol. The van der Waals surface area contributed by atoms with Gasteiger partial charge in [-0.3, -0.25) is 4.79 Å². The first-order chi connectivity index (χ1) is 17.8. The summed E-state index contributed by atoms with van der Waals surface area (Å²) in [5.74, 6) is 0.256. The molecule has 4 N–H and O–H groups in total. The van der Waals surface area contributed by atoms with Gasteiger partial charge in [0.15, 0.2) is 0 Å². The molecule has 10 nitrogen and oxygen atoms in total. The van der Waals surface area contributed by atoms with E-state index >= 15 is 0 Å². The maximum Gasteiger partial charge on any atom is 0.418 e. The molecule has 1 aliphatic heterocycles. The Morgan fingerprint density at radius 1 is 1.03 bits per heavy atom. The predicted octanol–water partition coefficient (Wildman–Crippen LogP) is 3.61. The zero-order chi connectivity index (χ0) is 27.7. The van der Waals surface area contributed by atoms with E-state index in [1.165, 1.54) is 43.5 Å². The fourth-order valence-electron chi connectivity index (χ4n) is 4.02. The van der Waals surface area contributed by atoms with Crippen molar-refractivity contribution >= 4 is 44.8 Å². The molecule has 4 rings (SSSR count). The summed E-state index contributed by atoms with van der Waals surface area (Å²) in [4.78, 5) is 23.2. The topological polar surface area (TPSA) is 134 Å². The summed E-state index contributed by atoms with van der Waals surface area (Å²) in [7, 11) is -3.91. The van der Waals surface area contributed by atoms with E-state index in [4.69, 9.17) is 5.14 Å². The highest BCUT2D eigenvalue weighted by molar-refractivity contribution is 7.89. The van der Waals surface area contributed by atoms with Gasteiger partial charge in [-0.25, -0.2) is 18.5 Å². The van der Waals surface area contributed by atoms with Crippen LogP contribution in [-0.4, -0.2) is 55.4 Å². The van der Waals surface area contributed by atoms with Crippen molar-refractivity contribution in [2.75, 3.05) is 41.7 Å². The summed E-state index contributed by atoms with van der Waals surface area (Å²) in [6.45, 7) is 4.43. The van der Waals surface area contributed by atoms with Gasteiger partial charge in [-0.2, -0.15) is 18.2 Å². The number of aromatic nitrogens is 2. The van der Waals surface area contributed by atoms with Gasteiger partial charge >= 0.3 is 6.18 Å². The number of carbonyl (C=O) groups is 1. The van der Waals surface area contributed by atoms with Crippen LogP contribution in [-0.2, 0) is 21.0 Å². The molecule has 1 fully saturated rings. The molecule has 0 radical (unpaired) electrons. The number of piperazine rings is 1. The molecule has 0 atom stereocenters. The number of carbonyl (C=O) groups excluding carboxylic acids is 1. The molecule has 0 saturated carbocycles. The number of rotatable bonds is 6. The van der Waals surface area contributed by atoms with Gasteiger partial charge in [0.2, 0.25) is 21.9 Å². The number of alkyl halides is 3. The molecule has 38 heavy (non-hydrogen) atoms. The number of nitrogens with one attached hydrogen (secondary N) is 2. The Morgan fingerprint density at radius 2 is 1.71 bits per heavy atom. The number of nitrogens with zero attached hydrogens (tertiary/aromatic N) is 4. The summed E-state index contributed by atoms with van der Waals surface area (Å²) in [6, 6.07) is 9.72. The smallest absolute Gasteiger partial charge is 0.367 e. The number of hydrogen-bond acceptors (Lipinski definition) is 8. The van der Waals surface area contributed by atoms with E-state index in [9.17, 15) is 26.4 Å². The minimum absolute atomic E-state index is 0.0353. The number of hydrogen-bond donors (Lipinski definition) is 3. The second kappa shape index (κ2) is 10.5. The summed E-state index contributed by atoms with van der Waals surface area (Å²) >= 11 is 0. The van der Waals surface area contributed by atoms with Crippen LogP contribution < -0.4 is 20.7 Å². The lowest BCUT2D eigenvalue weighted by Crippen LogP contribution is -2.48. The van der Waals surface area contributed by atoms with E-state index in [1.54, 1.807) is 22.8 Å². The van der Waals surface area contributed by atoms with Crippen LogP contribution in [0.3, 0.4) is 0 Å². The quantitative estimate of drug-likeness (QED) is 0.425. The van der Waals surface area contributed by atoms with Gasteiger partial charge in [0, 0.05) is 61.9 Å². The van der Waals surface area contributed by atoms with Crippen LogP contribution in [0.25, 0.3) is 0 Å². The van der Waals surface area contributed by atoms with E-state index in [0.717, 1.165) is 6.07 Å². The molecule has 1 aromatic heterocycles. The standard InChI is InChI=1S/C24H26F3N7O3S/c1-15-14-29-23(32-22(15)30-17-4-3-5-19(12-17)38(28,36)37)31-18-6-7-21(20(13-18)24(25,26)27)34-10-8-33(9-11-34)16(2)35/h3-7,12-14H,8-11H2,1-2H3,(H2,28,36,37)(H2,29,30,31,32). The fraction of sp³-hybridized carbons (Fsp3) is 0.292. The van der Waals surface area contributed by atoms with Crippen LogP contribution >= 0.6 is 0 Å². The first kappa shape index (κ1) is 27.1. The van der Waals surface area contributed by atoms with Crippen molar-refractivity contribution in [1.29, 1.82) is 0 Å². The third kappa shape index (κ3) is 6.31. The number of anilines is 5. The maximum absolute atomic E-state index is 14.0. The van der Waals surface area contributed by atoms with Crippen molar-refractivity contribution < 1.29 is 26.4 Å². The highest BCUT2D eigenvalue weighted by Crippen LogP contribution is 2.39. The SMILES string of the molecule is CC(=O)N1CCN(c2ccc(Nc3ncc(C)c(Nc4cccc(S(N)(=O)=O)c4)n3)cc2C(F)(F)F)CC1. The largest absolute Gasteiger partial charge is 0.418 e. The molecule has 2 aromatic carbocycles. The lowest BCUT2D eigenvalue weighted by atomic mass is 10.1. The second-order valence-electron chi connectivity index (χ2n) is 8.77. The van der Waals surface area contributed by atoms with E-state index in [2.05, 4.69) is 20.6 Å². The molecule has 14 heteroatoms. The van der Waals surface area contributed by atoms with Crippen LogP contribution in [0.5, 0.6) is 0 Å². The first-order valence-corrected chi connectivity index (χ1v) is 13.1. The Kier molecular flexibility index (Phi) is 7.47. The molecular formula is C24H26F3N7O3S. The van der Waals surface area contributed by atoms with Gasteiger partial charge < -0.3 is 20.4 Å². The maximum atomic E-state index is 14.0. The second-order valence-corrected chi connectivity index (χ2v) is 10.3. The Hall–Kier alpha value is -3.91. The van der Waals surface area contributed by atoms with Crippen molar-refractivity contribution in [1.82, 2.24) is 14.9 Å². The monoisotopic (exact) mass is 549 g/mol. The highest BCUT2D eigenvalue weighted by atomic mass is 32.2. The third-order valence-corrected chi connectivity index (χ3v) is 6.93. The fourth-order valence-corrected chi connectivity index (χ4v) is 4.58. The average molecular weight is 550 g/mol. The van der Waals surface area contributed by atoms with E-state index < -0.39 is 21.8 Å². The Labute approximate surface area is 217 Å². The number of primary sulfonamides is 1. The zero-order valence-corrected chi connectivity index (χ0v) is 21.4. The van der Waals surface area contributed by atoms with Crippen molar-refractivity contribution in [2.45, 2.75) is 24.9 Å². The number of nitrogens with two attached hydrogens (primary N) is 1. The highest BCUT2D eigenvalue weighted by Gasteiger charge is 2.36. The molecule has 1 aliphatic rings. The normalized spacial score (nSPS) is 14.4. The summed E-state index contributed by atoms with van der Waals surface area (Å²) in [5.41, 5.74) is 0.372. The number of halogens is 3. The zero-order valence-electron chi connectivity index (χ0n) is 20.6. The van der Waals surface area contributed by atoms with E-state index in [0.29, 0.717) is 30.2 Å². The molecule has 1 amide bonds. The van der Waals surface area contributed by atoms with E-state index in [1.807, 2.05) is 0 Å². The third-order valence-electron chi connectivity index (χ3n) is 6.02. The molecule has 0 unspecified atom stereocenters. The molecule has 0 aliphatic carbocycles. The Balaban J connectivity index is 1.57. The van der Waals surface area contributed by atoms with Gasteiger partial charge in [-0.1, -0.05) is 6.07 Å². The van der Waals surface area contributed by atoms with Crippen LogP contribution in [0.1, 0.15) is 18.1 Å². The summed E-state index contributed by atoms with van der Waals surface area (Å²) in [5, 5.41) is 11.0. The van der Waals surface area contributed by atoms with Gasteiger partial charge in [-0.15, -0.1) is 0 Å². The van der Waals surface area contributed by atoms with Crippen molar-refractivity contribution in [2.24, 2.45) is 5.14 Å². The van der Waals surface area contributed by atoms with Gasteiger partial charge in [0.05, 0.1) is 10.5 Å². The Morgan fingerprint density at radius 3 is 2.34 bits per heavy atom. The first-order valence-electron chi connectivity index (χ1n) is 11.5. The lowest BCUT2D eigenvalue weighted by molar-refractivity contribution is -0.137. The number of sulfonamides is 1. The minimum Gasteiger partial charge on any atom is -0.367 e. The molecule has 202 valence electrons. The van der Waals surface area contributed by atoms with Gasteiger partial charge in [-0.05, 0) is 43.3 Å². The van der Waals surface area contributed by atoms with Gasteiger partial charge in [0.1, 0.15) is 5.82 Å². The lowest BCUT2D eigenvalue weighted by Gasteiger charge is -2.36. The number of benzene rings is 2. The van der Waals surface area contributed by atoms with Crippen molar-refractivity contribution in [3.8, 4) is 0 Å². The van der Waals surface area contributed by atoms with Crippen molar-refractivity contribution in [3.63, 3.8) is 0 Å². The predicted molar refractivity (Wildman–Crippen MR) is 137 cm³/mol. The van der Waals surface area contributed by atoms with Gasteiger partial charge in [0.25, 0.3) is 0 Å². The van der Waals surface area contributed by atoms with Crippen molar-refractivity contribution in [3.05, 3.63) is 59.8 Å². The summed E-state index contributed by atoms with van der Waals surface area (Å²) < 4.78 is 65.3. The average Bonchev–Trinajstić information content (AvgIpc) is 2.85. The Bertz CT molecular complexity index is 1460. The molecule has 1 saturated heterocycles. The molecule has 2 heterocycles. The number of aryl methyl sites for hydroxylation is 1. The van der Waals surface area contributed by atoms with E-state index in [-0.39, 0.29) is 41.2 Å². The van der Waals surface area contributed by atoms with Crippen LogP contribution in [0, 0.1) is 6.92 Å². The molecule has 0 spiro atoms. The van der Waals surface area contributed by atoms with Crippen LogP contribution in [0.2, 0.25) is 0 Å². The van der Waals surface area contributed by atoms with Crippen LogP contribution in [0.15, 0.2) is 53.6 Å². The molecule has 0 bridgehead atoms. The van der Waals surface area contributed by atoms with Crippen LogP contribution in [0.4, 0.5) is 42.0 Å². The number of amides is 1. The molecule has 3 aromatic rings. The minimum atomic E-state index is -4.61. The summed E-state index contributed by atoms with van der Waals surface area (Å²) in [6.07, 6.45) is -3.13.